The van der Waals surface area contributed by atoms with E-state index in [0.29, 0.717) is 0 Å². The summed E-state index contributed by atoms with van der Waals surface area (Å²) in [4.78, 5) is 14.6. The minimum Gasteiger partial charge on any atom is -0.375 e. The van der Waals surface area contributed by atoms with Gasteiger partial charge in [0.1, 0.15) is 12.0 Å². The van der Waals surface area contributed by atoms with Crippen LogP contribution in [0.2, 0.25) is 0 Å². The van der Waals surface area contributed by atoms with E-state index in [1.807, 2.05) is 55.2 Å². The van der Waals surface area contributed by atoms with E-state index in [2.05, 4.69) is 13.0 Å². The molecule has 0 spiro atoms. The van der Waals surface area contributed by atoms with Gasteiger partial charge in [-0.15, -0.1) is 11.6 Å². The van der Waals surface area contributed by atoms with Gasteiger partial charge in [0, 0.05) is 7.11 Å². The summed E-state index contributed by atoms with van der Waals surface area (Å²) in [6.45, 7) is 6.13. The second-order valence-corrected chi connectivity index (χ2v) is 6.19. The van der Waals surface area contributed by atoms with Crippen molar-refractivity contribution < 1.29 is 9.53 Å². The molecule has 0 radical (unpaired) electrons. The molecule has 4 heteroatoms. The number of aryl methyl sites for hydroxylation is 2. The van der Waals surface area contributed by atoms with E-state index in [0.717, 1.165) is 23.2 Å². The third-order valence-electron chi connectivity index (χ3n) is 4.43. The number of allylic oxidation sites excluding steroid dienone is 2. The first-order valence-corrected chi connectivity index (χ1v) is 8.39. The van der Waals surface area contributed by atoms with Gasteiger partial charge in [0.2, 0.25) is 5.91 Å². The zero-order chi connectivity index (χ0) is 17.0. The normalized spacial score (nSPS) is 23.1. The summed E-state index contributed by atoms with van der Waals surface area (Å²) in [5.41, 5.74) is 2.50. The van der Waals surface area contributed by atoms with Gasteiger partial charge in [0.25, 0.3) is 0 Å². The molecule has 1 aliphatic carbocycles. The molecule has 124 valence electrons. The molecule has 1 aromatic carbocycles. The summed E-state index contributed by atoms with van der Waals surface area (Å²) >= 11 is 5.94. The second kappa shape index (κ2) is 7.33. The summed E-state index contributed by atoms with van der Waals surface area (Å²) in [7, 11) is 1.66. The van der Waals surface area contributed by atoms with Crippen molar-refractivity contribution in [2.24, 2.45) is 0 Å². The molecule has 0 fully saturated rings. The fraction of sp³-hybridized carbons (Fsp3) is 0.421. The molecule has 3 nitrogen and oxygen atoms in total. The number of halogens is 1. The number of carbonyl (C=O) groups is 1. The highest BCUT2D eigenvalue weighted by atomic mass is 35.5. The summed E-state index contributed by atoms with van der Waals surface area (Å²) in [5, 5.41) is 0. The van der Waals surface area contributed by atoms with Crippen molar-refractivity contribution in [3.8, 4) is 0 Å². The van der Waals surface area contributed by atoms with Crippen LogP contribution in [0, 0.1) is 6.92 Å². The van der Waals surface area contributed by atoms with Crippen molar-refractivity contribution in [2.75, 3.05) is 17.9 Å². The number of rotatable bonds is 5. The Balaban J connectivity index is 2.66. The Morgan fingerprint density at radius 3 is 2.74 bits per heavy atom. The molecule has 2 unspecified atom stereocenters. The Hall–Kier alpha value is -1.58. The first kappa shape index (κ1) is 17.8. The molecule has 0 bridgehead atoms. The lowest BCUT2D eigenvalue weighted by molar-refractivity contribution is -0.117. The van der Waals surface area contributed by atoms with Crippen LogP contribution in [0.15, 0.2) is 42.5 Å². The zero-order valence-corrected chi connectivity index (χ0v) is 14.9. The lowest BCUT2D eigenvalue weighted by Crippen LogP contribution is -2.57. The Morgan fingerprint density at radius 1 is 1.39 bits per heavy atom. The average Bonchev–Trinajstić information content (AvgIpc) is 2.56. The maximum Gasteiger partial charge on any atom is 0.242 e. The van der Waals surface area contributed by atoms with Crippen molar-refractivity contribution in [3.63, 3.8) is 0 Å². The van der Waals surface area contributed by atoms with E-state index < -0.39 is 5.54 Å². The maximum absolute atomic E-state index is 12.8. The minimum atomic E-state index is -0.620. The quantitative estimate of drug-likeness (QED) is 0.761. The number of hydrogen-bond acceptors (Lipinski definition) is 2. The Bertz CT molecular complexity index is 638. The highest BCUT2D eigenvalue weighted by molar-refractivity contribution is 6.29. The first-order chi connectivity index (χ1) is 11.0. The number of para-hydroxylation sites is 1. The van der Waals surface area contributed by atoms with Gasteiger partial charge in [0.05, 0.1) is 11.2 Å². The van der Waals surface area contributed by atoms with Gasteiger partial charge in [-0.25, -0.2) is 0 Å². The van der Waals surface area contributed by atoms with Crippen LogP contribution in [-0.4, -0.2) is 30.5 Å². The molecule has 23 heavy (non-hydrogen) atoms. The van der Waals surface area contributed by atoms with Crippen LogP contribution in [0.3, 0.4) is 0 Å². The van der Waals surface area contributed by atoms with E-state index in [-0.39, 0.29) is 17.9 Å². The molecule has 0 aliphatic heterocycles. The van der Waals surface area contributed by atoms with Crippen LogP contribution in [0.25, 0.3) is 0 Å². The van der Waals surface area contributed by atoms with Crippen molar-refractivity contribution in [1.82, 2.24) is 0 Å². The molecule has 0 saturated carbocycles. The van der Waals surface area contributed by atoms with Gasteiger partial charge in [-0.2, -0.15) is 0 Å². The SMILES string of the molecule is CCc1cccc(C)c1N(C(=O)CCl)C1(C)C=CC=CC1OC. The van der Waals surface area contributed by atoms with E-state index in [1.54, 1.807) is 7.11 Å². The van der Waals surface area contributed by atoms with Crippen LogP contribution < -0.4 is 4.90 Å². The summed E-state index contributed by atoms with van der Waals surface area (Å²) in [5.74, 6) is -0.193. The van der Waals surface area contributed by atoms with Crippen molar-refractivity contribution in [1.29, 1.82) is 0 Å². The van der Waals surface area contributed by atoms with Gasteiger partial charge in [-0.05, 0) is 31.4 Å². The van der Waals surface area contributed by atoms with E-state index in [9.17, 15) is 4.79 Å². The van der Waals surface area contributed by atoms with Gasteiger partial charge in [-0.1, -0.05) is 49.4 Å². The number of amides is 1. The van der Waals surface area contributed by atoms with Gasteiger partial charge in [0.15, 0.2) is 0 Å². The molecular weight excluding hydrogens is 310 g/mol. The molecular formula is C19H24ClNO2. The maximum atomic E-state index is 12.8. The van der Waals surface area contributed by atoms with Gasteiger partial charge >= 0.3 is 0 Å². The van der Waals surface area contributed by atoms with Crippen LogP contribution in [-0.2, 0) is 16.0 Å². The lowest BCUT2D eigenvalue weighted by atomic mass is 9.86. The number of alkyl halides is 1. The minimum absolute atomic E-state index is 0.0684. The summed E-state index contributed by atoms with van der Waals surface area (Å²) < 4.78 is 5.64. The average molecular weight is 334 g/mol. The molecule has 0 aromatic heterocycles. The summed E-state index contributed by atoms with van der Waals surface area (Å²) in [6, 6.07) is 6.11. The molecule has 0 heterocycles. The Morgan fingerprint density at radius 2 is 2.13 bits per heavy atom. The monoisotopic (exact) mass is 333 g/mol. The van der Waals surface area contributed by atoms with Crippen LogP contribution in [0.1, 0.15) is 25.0 Å². The largest absolute Gasteiger partial charge is 0.375 e. The molecule has 1 amide bonds. The van der Waals surface area contributed by atoms with E-state index >= 15 is 0 Å². The molecule has 1 aliphatic rings. The highest BCUT2D eigenvalue weighted by Crippen LogP contribution is 2.37. The van der Waals surface area contributed by atoms with E-state index in [1.165, 1.54) is 0 Å². The third-order valence-corrected chi connectivity index (χ3v) is 4.66. The number of methoxy groups -OCH3 is 1. The first-order valence-electron chi connectivity index (χ1n) is 7.86. The van der Waals surface area contributed by atoms with Gasteiger partial charge < -0.3 is 4.74 Å². The van der Waals surface area contributed by atoms with Crippen LogP contribution in [0.4, 0.5) is 5.69 Å². The van der Waals surface area contributed by atoms with Gasteiger partial charge in [-0.3, -0.25) is 9.69 Å². The van der Waals surface area contributed by atoms with Crippen molar-refractivity contribution in [2.45, 2.75) is 38.8 Å². The Labute approximate surface area is 143 Å². The molecule has 0 saturated heterocycles. The number of nitrogens with zero attached hydrogens (tertiary/aromatic N) is 1. The fourth-order valence-electron chi connectivity index (χ4n) is 3.24. The molecule has 2 atom stereocenters. The highest BCUT2D eigenvalue weighted by Gasteiger charge is 2.42. The van der Waals surface area contributed by atoms with Crippen molar-refractivity contribution in [3.05, 3.63) is 53.6 Å². The standard InChI is InChI=1S/C19H24ClNO2/c1-5-15-10-8-9-14(2)18(15)21(17(22)13-20)19(3)12-7-6-11-16(19)23-4/h6-12,16H,5,13H2,1-4H3. The van der Waals surface area contributed by atoms with Crippen LogP contribution >= 0.6 is 11.6 Å². The number of carbonyl (C=O) groups excluding carboxylic acids is 1. The summed E-state index contributed by atoms with van der Waals surface area (Å²) in [6.07, 6.45) is 8.49. The lowest BCUT2D eigenvalue weighted by Gasteiger charge is -2.45. The smallest absolute Gasteiger partial charge is 0.242 e. The predicted molar refractivity (Wildman–Crippen MR) is 96.2 cm³/mol. The number of hydrogen-bond donors (Lipinski definition) is 0. The predicted octanol–water partition coefficient (Wildman–Crippen LogP) is 4.03. The topological polar surface area (TPSA) is 29.5 Å². The third kappa shape index (κ3) is 3.22. The molecule has 2 rings (SSSR count). The molecule has 1 aromatic rings. The molecule has 0 N–H and O–H groups in total. The van der Waals surface area contributed by atoms with E-state index in [4.69, 9.17) is 16.3 Å². The fourth-order valence-corrected chi connectivity index (χ4v) is 3.36. The Kier molecular flexibility index (Phi) is 5.66. The van der Waals surface area contributed by atoms with Crippen molar-refractivity contribution >= 4 is 23.2 Å². The number of benzene rings is 1. The number of anilines is 1. The zero-order valence-electron chi connectivity index (χ0n) is 14.2. The number of ether oxygens (including phenoxy) is 1. The second-order valence-electron chi connectivity index (χ2n) is 5.93. The van der Waals surface area contributed by atoms with Crippen LogP contribution in [0.5, 0.6) is 0 Å².